The van der Waals surface area contributed by atoms with E-state index in [1.54, 1.807) is 6.92 Å². The third-order valence-electron chi connectivity index (χ3n) is 4.33. The maximum absolute atomic E-state index is 14.0. The molecule has 1 amide bonds. The Labute approximate surface area is 150 Å². The summed E-state index contributed by atoms with van der Waals surface area (Å²) >= 11 is 0. The molecule has 0 radical (unpaired) electrons. The molecule has 2 N–H and O–H groups in total. The highest BCUT2D eigenvalue weighted by atomic mass is 32.2. The van der Waals surface area contributed by atoms with Crippen molar-refractivity contribution in [3.63, 3.8) is 0 Å². The average Bonchev–Trinajstić information content (AvgIpc) is 3.25. The van der Waals surface area contributed by atoms with Crippen LogP contribution in [0.25, 0.3) is 0 Å². The van der Waals surface area contributed by atoms with Crippen LogP contribution in [-0.4, -0.2) is 20.4 Å². The van der Waals surface area contributed by atoms with Crippen molar-refractivity contribution in [2.45, 2.75) is 31.2 Å². The van der Waals surface area contributed by atoms with E-state index in [0.717, 1.165) is 18.2 Å². The number of hydrogen-bond acceptors (Lipinski definition) is 3. The lowest BCUT2D eigenvalue weighted by atomic mass is 10.2. The summed E-state index contributed by atoms with van der Waals surface area (Å²) in [4.78, 5) is 11.7. The van der Waals surface area contributed by atoms with Crippen molar-refractivity contribution in [2.24, 2.45) is 5.92 Å². The lowest BCUT2D eigenvalue weighted by Gasteiger charge is -2.10. The zero-order chi connectivity index (χ0) is 19.1. The molecule has 2 aromatic rings. The third kappa shape index (κ3) is 3.91. The van der Waals surface area contributed by atoms with E-state index in [1.165, 1.54) is 18.2 Å². The molecule has 0 aromatic heterocycles. The number of carbonyl (C=O) groups is 1. The highest BCUT2D eigenvalue weighted by Crippen LogP contribution is 2.31. The number of amides is 1. The lowest BCUT2D eigenvalue weighted by molar-refractivity contribution is 0.102. The molecule has 1 aliphatic carbocycles. The zero-order valence-electron chi connectivity index (χ0n) is 14.2. The smallest absolute Gasteiger partial charge is 0.255 e. The molecule has 3 rings (SSSR count). The topological polar surface area (TPSA) is 75.3 Å². The summed E-state index contributed by atoms with van der Waals surface area (Å²) in [5.74, 6) is -1.88. The summed E-state index contributed by atoms with van der Waals surface area (Å²) in [6.45, 7) is 3.47. The van der Waals surface area contributed by atoms with Gasteiger partial charge in [-0.3, -0.25) is 4.79 Å². The molecule has 8 heteroatoms. The van der Waals surface area contributed by atoms with Gasteiger partial charge in [-0.2, -0.15) is 0 Å². The van der Waals surface area contributed by atoms with Crippen LogP contribution in [0.5, 0.6) is 0 Å². The predicted molar refractivity (Wildman–Crippen MR) is 93.4 cm³/mol. The first kappa shape index (κ1) is 18.5. The molecule has 2 aromatic carbocycles. The molecule has 2 unspecified atom stereocenters. The summed E-state index contributed by atoms with van der Waals surface area (Å²) in [5, 5.41) is 2.47. The van der Waals surface area contributed by atoms with Gasteiger partial charge in [-0.05, 0) is 55.2 Å². The van der Waals surface area contributed by atoms with Crippen LogP contribution in [0, 0.1) is 24.5 Å². The Balaban J connectivity index is 1.84. The van der Waals surface area contributed by atoms with Crippen molar-refractivity contribution in [1.82, 2.24) is 4.72 Å². The van der Waals surface area contributed by atoms with E-state index in [4.69, 9.17) is 0 Å². The first-order chi connectivity index (χ1) is 12.2. The Bertz CT molecular complexity index is 976. The number of halogens is 2. The SMILES string of the molecule is Cc1ccc(NC(=O)c2ccc(F)c(S(=O)(=O)NC3CC3C)c2)cc1F. The van der Waals surface area contributed by atoms with E-state index < -0.39 is 32.5 Å². The molecule has 5 nitrogen and oxygen atoms in total. The molecule has 138 valence electrons. The fourth-order valence-corrected chi connectivity index (χ4v) is 3.93. The second-order valence-corrected chi connectivity index (χ2v) is 8.19. The predicted octanol–water partition coefficient (Wildman–Crippen LogP) is 3.21. The van der Waals surface area contributed by atoms with Gasteiger partial charge in [-0.15, -0.1) is 0 Å². The maximum atomic E-state index is 14.0. The summed E-state index contributed by atoms with van der Waals surface area (Å²) in [6, 6.07) is 7.05. The molecule has 1 saturated carbocycles. The van der Waals surface area contributed by atoms with E-state index >= 15 is 0 Å². The Hall–Kier alpha value is -2.32. The first-order valence-electron chi connectivity index (χ1n) is 8.07. The minimum Gasteiger partial charge on any atom is -0.322 e. The standard InChI is InChI=1S/C18H18F2N2O3S/c1-10-3-5-13(9-15(10)20)21-18(23)12-4-6-14(19)17(8-12)26(24,25)22-16-7-11(16)2/h3-6,8-9,11,16,22H,7H2,1-2H3,(H,21,23). The van der Waals surface area contributed by atoms with Gasteiger partial charge in [-0.1, -0.05) is 13.0 Å². The second-order valence-electron chi connectivity index (χ2n) is 6.50. The van der Waals surface area contributed by atoms with Gasteiger partial charge in [0, 0.05) is 17.3 Å². The normalized spacial score (nSPS) is 19.2. The van der Waals surface area contributed by atoms with Crippen molar-refractivity contribution < 1.29 is 22.0 Å². The number of sulfonamides is 1. The number of benzene rings is 2. The summed E-state index contributed by atoms with van der Waals surface area (Å²) in [5.41, 5.74) is 0.604. The lowest BCUT2D eigenvalue weighted by Crippen LogP contribution is -2.28. The zero-order valence-corrected chi connectivity index (χ0v) is 15.0. The number of hydrogen-bond donors (Lipinski definition) is 2. The molecule has 0 saturated heterocycles. The number of anilines is 1. The fourth-order valence-electron chi connectivity index (χ4n) is 2.47. The van der Waals surface area contributed by atoms with Gasteiger partial charge in [-0.25, -0.2) is 21.9 Å². The summed E-state index contributed by atoms with van der Waals surface area (Å²) in [7, 11) is -4.07. The number of aryl methyl sites for hydroxylation is 1. The van der Waals surface area contributed by atoms with Gasteiger partial charge in [0.25, 0.3) is 5.91 Å². The molecule has 0 aliphatic heterocycles. The molecule has 0 bridgehead atoms. The molecule has 0 spiro atoms. The first-order valence-corrected chi connectivity index (χ1v) is 9.55. The van der Waals surface area contributed by atoms with Crippen molar-refractivity contribution in [3.8, 4) is 0 Å². The highest BCUT2D eigenvalue weighted by Gasteiger charge is 2.37. The van der Waals surface area contributed by atoms with Crippen LogP contribution in [0.1, 0.15) is 29.3 Å². The van der Waals surface area contributed by atoms with Crippen LogP contribution in [0.4, 0.5) is 14.5 Å². The average molecular weight is 380 g/mol. The largest absolute Gasteiger partial charge is 0.322 e. The van der Waals surface area contributed by atoms with E-state index in [-0.39, 0.29) is 23.2 Å². The van der Waals surface area contributed by atoms with Crippen molar-refractivity contribution in [3.05, 3.63) is 59.2 Å². The minimum atomic E-state index is -4.07. The van der Waals surface area contributed by atoms with Crippen molar-refractivity contribution in [2.75, 3.05) is 5.32 Å². The molecule has 0 heterocycles. The van der Waals surface area contributed by atoms with Crippen LogP contribution >= 0.6 is 0 Å². The molecule has 1 aliphatic rings. The number of carbonyl (C=O) groups excluding carboxylic acids is 1. The Morgan fingerprint density at radius 3 is 2.42 bits per heavy atom. The van der Waals surface area contributed by atoms with E-state index in [2.05, 4.69) is 10.0 Å². The molecule has 1 fully saturated rings. The molecule has 2 atom stereocenters. The Morgan fingerprint density at radius 2 is 1.81 bits per heavy atom. The highest BCUT2D eigenvalue weighted by molar-refractivity contribution is 7.89. The monoisotopic (exact) mass is 380 g/mol. The van der Waals surface area contributed by atoms with Gasteiger partial charge in [0.05, 0.1) is 0 Å². The van der Waals surface area contributed by atoms with Gasteiger partial charge >= 0.3 is 0 Å². The molecule has 26 heavy (non-hydrogen) atoms. The van der Waals surface area contributed by atoms with Crippen LogP contribution in [0.15, 0.2) is 41.3 Å². The number of rotatable bonds is 5. The summed E-state index contributed by atoms with van der Waals surface area (Å²) in [6.07, 6.45) is 0.694. The van der Waals surface area contributed by atoms with E-state index in [1.807, 2.05) is 6.92 Å². The van der Waals surface area contributed by atoms with E-state index in [9.17, 15) is 22.0 Å². The quantitative estimate of drug-likeness (QED) is 0.836. The van der Waals surface area contributed by atoms with Gasteiger partial charge in [0.15, 0.2) is 0 Å². The molecular formula is C18H18F2N2O3S. The maximum Gasteiger partial charge on any atom is 0.255 e. The van der Waals surface area contributed by atoms with Crippen LogP contribution in [-0.2, 0) is 10.0 Å². The third-order valence-corrected chi connectivity index (χ3v) is 5.83. The fraction of sp³-hybridized carbons (Fsp3) is 0.278. The van der Waals surface area contributed by atoms with Gasteiger partial charge < -0.3 is 5.32 Å². The van der Waals surface area contributed by atoms with Crippen LogP contribution in [0.3, 0.4) is 0 Å². The van der Waals surface area contributed by atoms with E-state index in [0.29, 0.717) is 12.0 Å². The van der Waals surface area contributed by atoms with Crippen LogP contribution < -0.4 is 10.0 Å². The van der Waals surface area contributed by atoms with Crippen molar-refractivity contribution >= 4 is 21.6 Å². The van der Waals surface area contributed by atoms with Crippen LogP contribution in [0.2, 0.25) is 0 Å². The van der Waals surface area contributed by atoms with Gasteiger partial charge in [0.2, 0.25) is 10.0 Å². The van der Waals surface area contributed by atoms with Crippen molar-refractivity contribution in [1.29, 1.82) is 0 Å². The van der Waals surface area contributed by atoms with Gasteiger partial charge in [0.1, 0.15) is 16.5 Å². The second kappa shape index (κ2) is 6.77. The Morgan fingerprint density at radius 1 is 1.12 bits per heavy atom. The Kier molecular flexibility index (Phi) is 4.81. The summed E-state index contributed by atoms with van der Waals surface area (Å²) < 4.78 is 54.7. The minimum absolute atomic E-state index is 0.0448. The number of nitrogens with one attached hydrogen (secondary N) is 2. The molecular weight excluding hydrogens is 362 g/mol.